The lowest BCUT2D eigenvalue weighted by Crippen LogP contribution is -2.34. The Morgan fingerprint density at radius 2 is 1.54 bits per heavy atom. The molecule has 0 aromatic heterocycles. The van der Waals surface area contributed by atoms with Crippen LogP contribution in [-0.4, -0.2) is 51.6 Å². The SMILES string of the molecule is CC#CCN(CC1=C2CN(S(=O)(=O)c3ccc(C)cc3)CC2C=CC1)S(=O)(=O)c1ccc(C)cc1. The van der Waals surface area contributed by atoms with Gasteiger partial charge in [-0.15, -0.1) is 5.92 Å². The van der Waals surface area contributed by atoms with Crippen LogP contribution in [0.5, 0.6) is 0 Å². The molecule has 8 heteroatoms. The Balaban J connectivity index is 1.64. The Hall–Kier alpha value is -2.70. The summed E-state index contributed by atoms with van der Waals surface area (Å²) in [5.41, 5.74) is 3.90. The Morgan fingerprint density at radius 1 is 0.943 bits per heavy atom. The zero-order valence-electron chi connectivity index (χ0n) is 20.2. The molecular formula is C27H30N2O4S2. The van der Waals surface area contributed by atoms with Crippen LogP contribution in [-0.2, 0) is 20.0 Å². The van der Waals surface area contributed by atoms with Crippen molar-refractivity contribution < 1.29 is 16.8 Å². The molecule has 1 aliphatic heterocycles. The standard InChI is InChI=1S/C27H30N2O4S2/c1-4-5-17-28(34(30,31)25-13-9-21(2)10-14-25)18-23-7-6-8-24-19-29(20-27(23)24)35(32,33)26-15-11-22(3)12-16-26/h6,8-16,24H,7,17-20H2,1-3H3. The summed E-state index contributed by atoms with van der Waals surface area (Å²) in [4.78, 5) is 0.499. The molecule has 184 valence electrons. The maximum absolute atomic E-state index is 13.5. The van der Waals surface area contributed by atoms with Gasteiger partial charge in [-0.25, -0.2) is 16.8 Å². The van der Waals surface area contributed by atoms with Crippen molar-refractivity contribution in [1.29, 1.82) is 0 Å². The van der Waals surface area contributed by atoms with Crippen molar-refractivity contribution in [2.24, 2.45) is 5.92 Å². The Kier molecular flexibility index (Phi) is 7.34. The predicted octanol–water partition coefficient (Wildman–Crippen LogP) is 3.89. The van der Waals surface area contributed by atoms with Gasteiger partial charge in [-0.2, -0.15) is 8.61 Å². The number of fused-ring (bicyclic) bond motifs is 1. The van der Waals surface area contributed by atoms with Gasteiger partial charge in [0.2, 0.25) is 20.0 Å². The highest BCUT2D eigenvalue weighted by atomic mass is 32.2. The van der Waals surface area contributed by atoms with Gasteiger partial charge in [0.25, 0.3) is 0 Å². The maximum Gasteiger partial charge on any atom is 0.244 e. The van der Waals surface area contributed by atoms with E-state index in [1.54, 1.807) is 55.5 Å². The van der Waals surface area contributed by atoms with Crippen LogP contribution in [0.3, 0.4) is 0 Å². The quantitative estimate of drug-likeness (QED) is 0.418. The van der Waals surface area contributed by atoms with E-state index in [2.05, 4.69) is 11.8 Å². The second kappa shape index (κ2) is 10.1. The highest BCUT2D eigenvalue weighted by Crippen LogP contribution is 2.35. The first-order chi connectivity index (χ1) is 16.6. The first-order valence-electron chi connectivity index (χ1n) is 11.5. The third-order valence-electron chi connectivity index (χ3n) is 6.50. The van der Waals surface area contributed by atoms with Gasteiger partial charge in [0.15, 0.2) is 0 Å². The summed E-state index contributed by atoms with van der Waals surface area (Å²) in [6.45, 7) is 6.38. The van der Waals surface area contributed by atoms with Crippen LogP contribution in [0.2, 0.25) is 0 Å². The second-order valence-corrected chi connectivity index (χ2v) is 12.9. The van der Waals surface area contributed by atoms with Crippen LogP contribution in [0, 0.1) is 31.6 Å². The Morgan fingerprint density at radius 3 is 2.14 bits per heavy atom. The van der Waals surface area contributed by atoms with Crippen molar-refractivity contribution in [3.05, 3.63) is 83.0 Å². The van der Waals surface area contributed by atoms with Crippen molar-refractivity contribution in [3.63, 3.8) is 0 Å². The minimum Gasteiger partial charge on any atom is -0.207 e. The number of benzene rings is 2. The average Bonchev–Trinajstić information content (AvgIpc) is 3.28. The lowest BCUT2D eigenvalue weighted by molar-refractivity contribution is 0.466. The predicted molar refractivity (Wildman–Crippen MR) is 138 cm³/mol. The summed E-state index contributed by atoms with van der Waals surface area (Å²) in [7, 11) is -7.41. The van der Waals surface area contributed by atoms with Crippen molar-refractivity contribution in [2.75, 3.05) is 26.2 Å². The average molecular weight is 511 g/mol. The van der Waals surface area contributed by atoms with E-state index in [0.29, 0.717) is 13.0 Å². The van der Waals surface area contributed by atoms with Crippen molar-refractivity contribution in [3.8, 4) is 11.8 Å². The molecule has 0 bridgehead atoms. The molecule has 1 fully saturated rings. The summed E-state index contributed by atoms with van der Waals surface area (Å²) in [6.07, 6.45) is 4.63. The smallest absolute Gasteiger partial charge is 0.207 e. The van der Waals surface area contributed by atoms with E-state index in [1.807, 2.05) is 26.0 Å². The molecule has 1 heterocycles. The minimum absolute atomic E-state index is 0.0554. The van der Waals surface area contributed by atoms with Gasteiger partial charge >= 0.3 is 0 Å². The van der Waals surface area contributed by atoms with E-state index in [1.165, 1.54) is 8.61 Å². The van der Waals surface area contributed by atoms with Gasteiger partial charge in [-0.3, -0.25) is 0 Å². The summed E-state index contributed by atoms with van der Waals surface area (Å²) < 4.78 is 56.4. The third-order valence-corrected chi connectivity index (χ3v) is 10.1. The fourth-order valence-corrected chi connectivity index (χ4v) is 7.21. The topological polar surface area (TPSA) is 74.8 Å². The molecule has 35 heavy (non-hydrogen) atoms. The molecule has 0 radical (unpaired) electrons. The van der Waals surface area contributed by atoms with E-state index in [4.69, 9.17) is 0 Å². The van der Waals surface area contributed by atoms with E-state index in [-0.39, 0.29) is 35.3 Å². The van der Waals surface area contributed by atoms with Gasteiger partial charge in [0.1, 0.15) is 0 Å². The fourth-order valence-electron chi connectivity index (χ4n) is 4.43. The largest absolute Gasteiger partial charge is 0.244 e. The molecule has 0 amide bonds. The van der Waals surface area contributed by atoms with Crippen molar-refractivity contribution in [2.45, 2.75) is 37.0 Å². The number of aryl methyl sites for hydroxylation is 2. The van der Waals surface area contributed by atoms with Crippen LogP contribution in [0.1, 0.15) is 24.5 Å². The monoisotopic (exact) mass is 510 g/mol. The number of nitrogens with zero attached hydrogens (tertiary/aromatic N) is 2. The zero-order chi connectivity index (χ0) is 25.2. The number of sulfonamides is 2. The number of hydrogen-bond donors (Lipinski definition) is 0. The second-order valence-electron chi connectivity index (χ2n) is 8.99. The third kappa shape index (κ3) is 5.29. The van der Waals surface area contributed by atoms with Gasteiger partial charge in [0, 0.05) is 25.6 Å². The van der Waals surface area contributed by atoms with Crippen LogP contribution < -0.4 is 0 Å². The van der Waals surface area contributed by atoms with Crippen LogP contribution in [0.4, 0.5) is 0 Å². The molecular weight excluding hydrogens is 480 g/mol. The summed E-state index contributed by atoms with van der Waals surface area (Å²) >= 11 is 0. The van der Waals surface area contributed by atoms with Crippen LogP contribution >= 0.6 is 0 Å². The normalized spacial score (nSPS) is 18.5. The zero-order valence-corrected chi connectivity index (χ0v) is 21.9. The van der Waals surface area contributed by atoms with E-state index in [9.17, 15) is 16.8 Å². The van der Waals surface area contributed by atoms with Gasteiger partial charge < -0.3 is 0 Å². The Bertz CT molecular complexity index is 1430. The van der Waals surface area contributed by atoms with E-state index >= 15 is 0 Å². The summed E-state index contributed by atoms with van der Waals surface area (Å²) in [5, 5.41) is 0. The molecule has 2 aromatic carbocycles. The van der Waals surface area contributed by atoms with E-state index < -0.39 is 20.0 Å². The van der Waals surface area contributed by atoms with Gasteiger partial charge in [-0.1, -0.05) is 59.0 Å². The van der Waals surface area contributed by atoms with Crippen molar-refractivity contribution in [1.82, 2.24) is 8.61 Å². The first-order valence-corrected chi connectivity index (χ1v) is 14.4. The molecule has 1 unspecified atom stereocenters. The Labute approximate surface area is 209 Å². The fraction of sp³-hybridized carbons (Fsp3) is 0.333. The van der Waals surface area contributed by atoms with Gasteiger partial charge in [-0.05, 0) is 57.0 Å². The molecule has 2 aliphatic rings. The lowest BCUT2D eigenvalue weighted by atomic mass is 9.90. The highest BCUT2D eigenvalue weighted by Gasteiger charge is 2.38. The van der Waals surface area contributed by atoms with Crippen molar-refractivity contribution >= 4 is 20.0 Å². The number of rotatable bonds is 7. The molecule has 6 nitrogen and oxygen atoms in total. The molecule has 0 spiro atoms. The van der Waals surface area contributed by atoms with Crippen LogP contribution in [0.15, 0.2) is 81.6 Å². The number of hydrogen-bond acceptors (Lipinski definition) is 4. The molecule has 1 aliphatic carbocycles. The van der Waals surface area contributed by atoms with E-state index in [0.717, 1.165) is 22.3 Å². The molecule has 0 saturated carbocycles. The molecule has 2 aromatic rings. The first kappa shape index (κ1) is 25.4. The summed E-state index contributed by atoms with van der Waals surface area (Å²) in [6, 6.07) is 13.7. The molecule has 0 N–H and O–H groups in total. The maximum atomic E-state index is 13.5. The van der Waals surface area contributed by atoms with Gasteiger partial charge in [0.05, 0.1) is 16.3 Å². The molecule has 1 atom stereocenters. The molecule has 1 saturated heterocycles. The number of allylic oxidation sites excluding steroid dienone is 1. The minimum atomic E-state index is -3.77. The summed E-state index contributed by atoms with van der Waals surface area (Å²) in [5.74, 6) is 5.63. The lowest BCUT2D eigenvalue weighted by Gasteiger charge is -2.25. The highest BCUT2D eigenvalue weighted by molar-refractivity contribution is 7.89. The molecule has 4 rings (SSSR count). The van der Waals surface area contributed by atoms with Crippen LogP contribution in [0.25, 0.3) is 0 Å².